The van der Waals surface area contributed by atoms with E-state index < -0.39 is 12.1 Å². The second-order valence-corrected chi connectivity index (χ2v) is 9.18. The molecule has 0 aromatic rings. The minimum Gasteiger partial charge on any atom is -0.385 e. The Bertz CT molecular complexity index is 433. The van der Waals surface area contributed by atoms with Crippen molar-refractivity contribution in [1.82, 2.24) is 10.2 Å². The summed E-state index contributed by atoms with van der Waals surface area (Å²) in [5.74, 6) is 0.581. The van der Waals surface area contributed by atoms with Crippen LogP contribution in [0.15, 0.2) is 0 Å². The van der Waals surface area contributed by atoms with Crippen molar-refractivity contribution in [2.75, 3.05) is 27.3 Å². The molecule has 7 nitrogen and oxygen atoms in total. The Balaban J connectivity index is -0.000000172. The molecule has 3 atom stereocenters. The molecule has 1 saturated carbocycles. The van der Waals surface area contributed by atoms with Crippen LogP contribution in [-0.2, 0) is 37.7 Å². The van der Waals surface area contributed by atoms with Crippen molar-refractivity contribution in [3.8, 4) is 0 Å². The molecular formula is C24H49N2O5V-. The van der Waals surface area contributed by atoms with Crippen LogP contribution in [0.5, 0.6) is 0 Å². The van der Waals surface area contributed by atoms with Gasteiger partial charge in [0.1, 0.15) is 12.4 Å². The number of rotatable bonds is 8. The van der Waals surface area contributed by atoms with Gasteiger partial charge in [-0.15, -0.1) is 0 Å². The van der Waals surface area contributed by atoms with Gasteiger partial charge in [0.15, 0.2) is 6.29 Å². The maximum absolute atomic E-state index is 10.2. The smallest absolute Gasteiger partial charge is 0.207 e. The minimum absolute atomic E-state index is 0. The first-order valence-electron chi connectivity index (χ1n) is 11.0. The van der Waals surface area contributed by atoms with E-state index in [-0.39, 0.29) is 31.4 Å². The van der Waals surface area contributed by atoms with Gasteiger partial charge in [-0.25, -0.2) is 0 Å². The molecule has 1 saturated heterocycles. The molecule has 8 heteroatoms. The average Bonchev–Trinajstić information content (AvgIpc) is 3.43. The number of hydrogen-bond donors (Lipinski definition) is 2. The number of aliphatic hydroxyl groups excluding tert-OH is 1. The summed E-state index contributed by atoms with van der Waals surface area (Å²) >= 11 is 0. The van der Waals surface area contributed by atoms with Crippen LogP contribution in [0.4, 0.5) is 0 Å². The van der Waals surface area contributed by atoms with Crippen molar-refractivity contribution in [3.63, 3.8) is 0 Å². The summed E-state index contributed by atoms with van der Waals surface area (Å²) in [6.07, 6.45) is 7.34. The molecule has 32 heavy (non-hydrogen) atoms. The van der Waals surface area contributed by atoms with E-state index in [0.717, 1.165) is 31.8 Å². The number of carbonyl (C=O) groups is 3. The number of methoxy groups -OCH3 is 1. The molecule has 0 bridgehead atoms. The Labute approximate surface area is 209 Å². The maximum Gasteiger partial charge on any atom is 0.207 e. The summed E-state index contributed by atoms with van der Waals surface area (Å²) < 4.78 is 4.54. The van der Waals surface area contributed by atoms with Gasteiger partial charge in [0.2, 0.25) is 6.41 Å². The van der Waals surface area contributed by atoms with Crippen LogP contribution in [0.3, 0.4) is 0 Å². The van der Waals surface area contributed by atoms with Gasteiger partial charge in [0, 0.05) is 44.7 Å². The van der Waals surface area contributed by atoms with Crippen molar-refractivity contribution in [2.24, 2.45) is 11.3 Å². The number of amides is 1. The number of aliphatic hydroxyl groups is 1. The second kappa shape index (κ2) is 23.4. The topological polar surface area (TPSA) is 95.9 Å². The quantitative estimate of drug-likeness (QED) is 0.396. The van der Waals surface area contributed by atoms with E-state index in [9.17, 15) is 14.4 Å². The molecule has 0 aromatic carbocycles. The summed E-state index contributed by atoms with van der Waals surface area (Å²) in [6.45, 7) is 12.5. The molecule has 3 unspecified atom stereocenters. The van der Waals surface area contributed by atoms with Crippen LogP contribution in [0.2, 0.25) is 0 Å². The Morgan fingerprint density at radius 2 is 1.72 bits per heavy atom. The van der Waals surface area contributed by atoms with Crippen molar-refractivity contribution < 1.29 is 42.8 Å². The fourth-order valence-electron chi connectivity index (χ4n) is 2.53. The summed E-state index contributed by atoms with van der Waals surface area (Å²) in [5, 5.41) is 11.6. The minimum atomic E-state index is -1.06. The van der Waals surface area contributed by atoms with E-state index in [0.29, 0.717) is 31.5 Å². The first-order valence-corrected chi connectivity index (χ1v) is 11.0. The van der Waals surface area contributed by atoms with Crippen molar-refractivity contribution in [2.45, 2.75) is 91.3 Å². The fourth-order valence-corrected chi connectivity index (χ4v) is 2.53. The van der Waals surface area contributed by atoms with Crippen molar-refractivity contribution >= 4 is 19.0 Å². The van der Waals surface area contributed by atoms with Crippen LogP contribution in [0.25, 0.3) is 0 Å². The maximum atomic E-state index is 10.2. The van der Waals surface area contributed by atoms with Crippen LogP contribution < -0.4 is 5.32 Å². The van der Waals surface area contributed by atoms with Crippen molar-refractivity contribution in [3.05, 3.63) is 7.43 Å². The average molecular weight is 497 g/mol. The molecule has 2 fully saturated rings. The normalized spacial score (nSPS) is 18.8. The molecule has 2 N–H and O–H groups in total. The number of hydrogen-bond acceptors (Lipinski definition) is 6. The van der Waals surface area contributed by atoms with Gasteiger partial charge in [-0.2, -0.15) is 0 Å². The molecule has 1 aliphatic heterocycles. The number of nitrogens with zero attached hydrogens (tertiary/aromatic N) is 1. The molecule has 1 heterocycles. The van der Waals surface area contributed by atoms with E-state index in [2.05, 4.69) is 28.9 Å². The zero-order valence-corrected chi connectivity index (χ0v) is 23.1. The Morgan fingerprint density at radius 3 is 1.91 bits per heavy atom. The molecule has 2 rings (SSSR count). The zero-order valence-electron chi connectivity index (χ0n) is 21.7. The van der Waals surface area contributed by atoms with E-state index in [1.807, 2.05) is 27.7 Å². The Kier molecular flexibility index (Phi) is 28.2. The van der Waals surface area contributed by atoms with Gasteiger partial charge in [0.25, 0.3) is 0 Å². The molecule has 191 valence electrons. The number of likely N-dealkylation sites (tertiary alicyclic amines) is 1. The summed E-state index contributed by atoms with van der Waals surface area (Å²) in [5.41, 5.74) is 0.182. The van der Waals surface area contributed by atoms with Gasteiger partial charge >= 0.3 is 0 Å². The molecule has 0 spiro atoms. The van der Waals surface area contributed by atoms with Crippen molar-refractivity contribution in [1.29, 1.82) is 0 Å². The fraction of sp³-hybridized carbons (Fsp3) is 0.833. The van der Waals surface area contributed by atoms with Gasteiger partial charge < -0.3 is 37.1 Å². The first kappa shape index (κ1) is 38.5. The predicted molar refractivity (Wildman–Crippen MR) is 128 cm³/mol. The zero-order chi connectivity index (χ0) is 23.6. The largest absolute Gasteiger partial charge is 0.385 e. The van der Waals surface area contributed by atoms with E-state index in [4.69, 9.17) is 5.11 Å². The standard InChI is InChI=1S/C8H13NO3.C6H13N.C6H12O.C3H8O.CH3.V/c10-4-8(12)7(9-5-11)3-6-1-2-6;1-6-4-3-5-7(6)2;1-6(2,3)4-5-7;1-3-4-2;;/h4-8,12H,1-3H2,(H,9,11);6H,3-5H2,1-2H3;5H,4H2,1-3H3;3H2,1-2H3;1H3;/q;;;;-1;. The van der Waals surface area contributed by atoms with Gasteiger partial charge in [-0.3, -0.25) is 4.79 Å². The van der Waals surface area contributed by atoms with Gasteiger partial charge in [0.05, 0.1) is 6.04 Å². The number of carbonyl (C=O) groups excluding carboxylic acids is 3. The third kappa shape index (κ3) is 25.5. The van der Waals surface area contributed by atoms with E-state index in [1.165, 1.54) is 19.4 Å². The SMILES string of the molecule is CC(C)(C)CC=O.CC1CCCN1C.CCOC.O=CNC(CC1CC1)C(O)C=O.[CH3-].[V]. The van der Waals surface area contributed by atoms with Crippen LogP contribution in [0.1, 0.15) is 73.1 Å². The summed E-state index contributed by atoms with van der Waals surface area (Å²) in [4.78, 5) is 32.5. The van der Waals surface area contributed by atoms with Crippen LogP contribution in [-0.4, -0.2) is 74.5 Å². The number of nitrogens with one attached hydrogen (secondary N) is 1. The van der Waals surface area contributed by atoms with Gasteiger partial charge in [-0.05, 0) is 58.0 Å². The van der Waals surface area contributed by atoms with Gasteiger partial charge in [-0.1, -0.05) is 33.6 Å². The van der Waals surface area contributed by atoms with Crippen LogP contribution in [0, 0.1) is 18.8 Å². The number of aldehydes is 2. The Hall–Kier alpha value is -0.726. The van der Waals surface area contributed by atoms with E-state index in [1.54, 1.807) is 7.11 Å². The third-order valence-electron chi connectivity index (χ3n) is 4.99. The van der Waals surface area contributed by atoms with E-state index >= 15 is 0 Å². The molecule has 1 radical (unpaired) electrons. The third-order valence-corrected chi connectivity index (χ3v) is 4.99. The second-order valence-electron chi connectivity index (χ2n) is 9.18. The Morgan fingerprint density at radius 1 is 1.19 bits per heavy atom. The molecule has 2 aliphatic rings. The molecule has 1 aliphatic carbocycles. The number of ether oxygens (including phenoxy) is 1. The summed E-state index contributed by atoms with van der Waals surface area (Å²) in [6, 6.07) is 0.451. The monoisotopic (exact) mass is 496 g/mol. The summed E-state index contributed by atoms with van der Waals surface area (Å²) in [7, 11) is 3.87. The van der Waals surface area contributed by atoms with Crippen LogP contribution >= 0.6 is 0 Å². The predicted octanol–water partition coefficient (Wildman–Crippen LogP) is 3.28. The molecule has 0 aromatic heterocycles. The molecule has 1 amide bonds. The first-order chi connectivity index (χ1) is 14.1. The molecular weight excluding hydrogens is 447 g/mol.